The first-order valence-corrected chi connectivity index (χ1v) is 10.6. The standard InChI is InChI=1S/C23H20N4O3S/c1-13-4-6-15(7-5-13)27-21-16-12-19(30-3)18(29-2)11-14(16)10-17(21)20(26-27)22(28)25-23-24-8-9-31-23/h4-9,11-12H,10H2,1-3H3,(H,24,25,28). The summed E-state index contributed by atoms with van der Waals surface area (Å²) in [5, 5.41) is 9.94. The fraction of sp³-hybridized carbons (Fsp3) is 0.174. The quantitative estimate of drug-likeness (QED) is 0.443. The molecule has 0 radical (unpaired) electrons. The highest BCUT2D eigenvalue weighted by Gasteiger charge is 2.32. The molecule has 1 aliphatic rings. The van der Waals surface area contributed by atoms with Crippen LogP contribution in [0.4, 0.5) is 5.13 Å². The number of anilines is 1. The molecule has 0 bridgehead atoms. The number of ether oxygens (including phenoxy) is 2. The van der Waals surface area contributed by atoms with Crippen LogP contribution in [0.5, 0.6) is 11.5 Å². The van der Waals surface area contributed by atoms with Crippen LogP contribution in [0, 0.1) is 6.92 Å². The third-order valence-electron chi connectivity index (χ3n) is 5.36. The van der Waals surface area contributed by atoms with Crippen LogP contribution in [-0.2, 0) is 6.42 Å². The Bertz CT molecular complexity index is 1280. The third-order valence-corrected chi connectivity index (χ3v) is 6.05. The number of carbonyl (C=O) groups excluding carboxylic acids is 1. The van der Waals surface area contributed by atoms with Gasteiger partial charge in [-0.15, -0.1) is 11.3 Å². The van der Waals surface area contributed by atoms with E-state index in [0.29, 0.717) is 28.7 Å². The van der Waals surface area contributed by atoms with E-state index in [9.17, 15) is 4.79 Å². The molecule has 0 unspecified atom stereocenters. The average Bonchev–Trinajstić information content (AvgIpc) is 3.49. The van der Waals surface area contributed by atoms with Crippen molar-refractivity contribution >= 4 is 22.4 Å². The van der Waals surface area contributed by atoms with Gasteiger partial charge in [0.2, 0.25) is 0 Å². The van der Waals surface area contributed by atoms with E-state index in [4.69, 9.17) is 14.6 Å². The smallest absolute Gasteiger partial charge is 0.278 e. The first-order chi connectivity index (χ1) is 15.1. The van der Waals surface area contributed by atoms with Gasteiger partial charge in [0.05, 0.1) is 25.6 Å². The van der Waals surface area contributed by atoms with Gasteiger partial charge in [-0.2, -0.15) is 5.10 Å². The summed E-state index contributed by atoms with van der Waals surface area (Å²) in [5.41, 5.74) is 6.24. The molecule has 0 spiro atoms. The van der Waals surface area contributed by atoms with Gasteiger partial charge in [0.15, 0.2) is 22.3 Å². The number of hydrogen-bond acceptors (Lipinski definition) is 6. The lowest BCUT2D eigenvalue weighted by molar-refractivity contribution is 0.102. The molecule has 1 amide bonds. The second kappa shape index (κ2) is 7.55. The lowest BCUT2D eigenvalue weighted by atomic mass is 10.1. The Morgan fingerprint density at radius 2 is 1.87 bits per heavy atom. The topological polar surface area (TPSA) is 78.3 Å². The van der Waals surface area contributed by atoms with Crippen molar-refractivity contribution in [3.05, 3.63) is 70.4 Å². The Hall–Kier alpha value is -3.65. The third kappa shape index (κ3) is 3.25. The number of rotatable bonds is 5. The van der Waals surface area contributed by atoms with Gasteiger partial charge in [-0.25, -0.2) is 9.67 Å². The summed E-state index contributed by atoms with van der Waals surface area (Å²) in [7, 11) is 3.23. The van der Waals surface area contributed by atoms with E-state index in [-0.39, 0.29) is 5.91 Å². The van der Waals surface area contributed by atoms with E-state index in [2.05, 4.69) is 10.3 Å². The minimum Gasteiger partial charge on any atom is -0.493 e. The van der Waals surface area contributed by atoms with Gasteiger partial charge in [-0.1, -0.05) is 17.7 Å². The number of methoxy groups -OCH3 is 2. The Balaban J connectivity index is 1.68. The molecular formula is C23H20N4O3S. The van der Waals surface area contributed by atoms with Crippen molar-refractivity contribution in [1.82, 2.24) is 14.8 Å². The second-order valence-electron chi connectivity index (χ2n) is 7.26. The summed E-state index contributed by atoms with van der Waals surface area (Å²) in [6.45, 7) is 2.04. The molecule has 0 fully saturated rings. The van der Waals surface area contributed by atoms with Crippen molar-refractivity contribution in [1.29, 1.82) is 0 Å². The van der Waals surface area contributed by atoms with Crippen LogP contribution in [-0.4, -0.2) is 34.9 Å². The van der Waals surface area contributed by atoms with Crippen LogP contribution in [0.2, 0.25) is 0 Å². The Kier molecular flexibility index (Phi) is 4.71. The zero-order valence-electron chi connectivity index (χ0n) is 17.3. The van der Waals surface area contributed by atoms with E-state index in [1.54, 1.807) is 20.4 Å². The highest BCUT2D eigenvalue weighted by atomic mass is 32.1. The van der Waals surface area contributed by atoms with Gasteiger partial charge in [-0.05, 0) is 36.8 Å². The van der Waals surface area contributed by atoms with E-state index < -0.39 is 0 Å². The van der Waals surface area contributed by atoms with Crippen molar-refractivity contribution in [2.45, 2.75) is 13.3 Å². The molecule has 1 aliphatic carbocycles. The molecule has 156 valence electrons. The van der Waals surface area contributed by atoms with Gasteiger partial charge in [0.1, 0.15) is 0 Å². The predicted octanol–water partition coefficient (Wildman–Crippen LogP) is 4.48. The largest absolute Gasteiger partial charge is 0.493 e. The Labute approximate surface area is 183 Å². The molecular weight excluding hydrogens is 412 g/mol. The SMILES string of the molecule is COc1cc2c(cc1OC)-c1c(c(C(=O)Nc3nccs3)nn1-c1ccc(C)cc1)C2. The molecule has 2 aromatic heterocycles. The van der Waals surface area contributed by atoms with E-state index in [1.807, 2.05) is 53.4 Å². The lowest BCUT2D eigenvalue weighted by Crippen LogP contribution is -2.14. The molecule has 0 aliphatic heterocycles. The minimum absolute atomic E-state index is 0.274. The Morgan fingerprint density at radius 3 is 2.55 bits per heavy atom. The summed E-state index contributed by atoms with van der Waals surface area (Å²) in [6, 6.07) is 12.0. The van der Waals surface area contributed by atoms with Crippen LogP contribution in [0.25, 0.3) is 16.9 Å². The molecule has 2 heterocycles. The van der Waals surface area contributed by atoms with Gasteiger partial charge >= 0.3 is 0 Å². The maximum atomic E-state index is 13.1. The molecule has 0 atom stereocenters. The number of nitrogens with one attached hydrogen (secondary N) is 1. The molecule has 5 rings (SSSR count). The van der Waals surface area contributed by atoms with Crippen LogP contribution >= 0.6 is 11.3 Å². The summed E-state index contributed by atoms with van der Waals surface area (Å²) >= 11 is 1.37. The highest BCUT2D eigenvalue weighted by molar-refractivity contribution is 7.13. The zero-order chi connectivity index (χ0) is 21.5. The molecule has 0 saturated heterocycles. The van der Waals surface area contributed by atoms with Gasteiger partial charge in [0, 0.05) is 29.1 Å². The number of carbonyl (C=O) groups is 1. The molecule has 8 heteroatoms. The average molecular weight is 433 g/mol. The van der Waals surface area contributed by atoms with E-state index >= 15 is 0 Å². The highest BCUT2D eigenvalue weighted by Crippen LogP contribution is 2.44. The summed E-state index contributed by atoms with van der Waals surface area (Å²) < 4.78 is 12.8. The van der Waals surface area contributed by atoms with Gasteiger partial charge in [-0.3, -0.25) is 10.1 Å². The lowest BCUT2D eigenvalue weighted by Gasteiger charge is -2.12. The van der Waals surface area contributed by atoms with Crippen molar-refractivity contribution in [3.8, 4) is 28.4 Å². The molecule has 4 aromatic rings. The van der Waals surface area contributed by atoms with Gasteiger partial charge in [0.25, 0.3) is 5.91 Å². The number of amides is 1. The normalized spacial score (nSPS) is 11.7. The number of hydrogen-bond donors (Lipinski definition) is 1. The molecule has 1 N–H and O–H groups in total. The first-order valence-electron chi connectivity index (χ1n) is 9.74. The molecule has 0 saturated carbocycles. The first kappa shape index (κ1) is 19.3. The van der Waals surface area contributed by atoms with Crippen LogP contribution in [0.15, 0.2) is 48.0 Å². The van der Waals surface area contributed by atoms with Crippen LogP contribution < -0.4 is 14.8 Å². The van der Waals surface area contributed by atoms with E-state index in [0.717, 1.165) is 33.6 Å². The maximum Gasteiger partial charge on any atom is 0.278 e. The summed E-state index contributed by atoms with van der Waals surface area (Å²) in [6.07, 6.45) is 2.24. The Morgan fingerprint density at radius 1 is 1.13 bits per heavy atom. The number of thiazole rings is 1. The molecule has 7 nitrogen and oxygen atoms in total. The summed E-state index contributed by atoms with van der Waals surface area (Å²) in [5.74, 6) is 1.03. The summed E-state index contributed by atoms with van der Waals surface area (Å²) in [4.78, 5) is 17.3. The van der Waals surface area contributed by atoms with Gasteiger partial charge < -0.3 is 9.47 Å². The fourth-order valence-electron chi connectivity index (χ4n) is 3.87. The van der Waals surface area contributed by atoms with E-state index in [1.165, 1.54) is 11.3 Å². The minimum atomic E-state index is -0.274. The second-order valence-corrected chi connectivity index (χ2v) is 8.15. The number of aromatic nitrogens is 3. The van der Waals surface area contributed by atoms with Crippen molar-refractivity contribution < 1.29 is 14.3 Å². The van der Waals surface area contributed by atoms with Crippen LogP contribution in [0.3, 0.4) is 0 Å². The molecule has 2 aromatic carbocycles. The molecule has 31 heavy (non-hydrogen) atoms. The monoisotopic (exact) mass is 432 g/mol. The van der Waals surface area contributed by atoms with Crippen molar-refractivity contribution in [2.24, 2.45) is 0 Å². The predicted molar refractivity (Wildman–Crippen MR) is 120 cm³/mol. The van der Waals surface area contributed by atoms with Crippen LogP contribution in [0.1, 0.15) is 27.2 Å². The fourth-order valence-corrected chi connectivity index (χ4v) is 4.39. The maximum absolute atomic E-state index is 13.1. The number of fused-ring (bicyclic) bond motifs is 3. The van der Waals surface area contributed by atoms with Crippen molar-refractivity contribution in [2.75, 3.05) is 19.5 Å². The number of benzene rings is 2. The van der Waals surface area contributed by atoms with Crippen molar-refractivity contribution in [3.63, 3.8) is 0 Å². The number of aryl methyl sites for hydroxylation is 1. The zero-order valence-corrected chi connectivity index (χ0v) is 18.1. The number of nitrogens with zero attached hydrogens (tertiary/aromatic N) is 3.